The molecule has 14 heteroatoms. The van der Waals surface area contributed by atoms with Crippen LogP contribution in [0.25, 0.3) is 0 Å². The zero-order chi connectivity index (χ0) is 26.2. The molecule has 0 bridgehead atoms. The highest BCUT2D eigenvalue weighted by Gasteiger charge is 2.40. The summed E-state index contributed by atoms with van der Waals surface area (Å²) in [6.45, 7) is 0. The van der Waals surface area contributed by atoms with Gasteiger partial charge in [-0.3, -0.25) is 0 Å². The lowest BCUT2D eigenvalue weighted by Crippen LogP contribution is -2.50. The molecule has 200 valence electrons. The molecule has 0 amide bonds. The average Bonchev–Trinajstić information content (AvgIpc) is 2.77. The molecule has 37 heavy (non-hydrogen) atoms. The summed E-state index contributed by atoms with van der Waals surface area (Å²) in [7, 11) is 0. The summed E-state index contributed by atoms with van der Waals surface area (Å²) in [5, 5.41) is 0. The van der Waals surface area contributed by atoms with Gasteiger partial charge in [0, 0.05) is 6.42 Å². The number of nitrogens with two attached hydrogens (primary N) is 8. The zero-order valence-corrected chi connectivity index (χ0v) is 19.6. The minimum atomic E-state index is -0.447. The van der Waals surface area contributed by atoms with Crippen molar-refractivity contribution in [1.29, 1.82) is 0 Å². The van der Waals surface area contributed by atoms with E-state index in [1.54, 1.807) is 48.5 Å². The van der Waals surface area contributed by atoms with Crippen LogP contribution in [0, 0.1) is 0 Å². The summed E-state index contributed by atoms with van der Waals surface area (Å²) < 4.78 is 12.5. The van der Waals surface area contributed by atoms with Gasteiger partial charge in [-0.05, 0) is 55.0 Å². The first-order valence-corrected chi connectivity index (χ1v) is 11.0. The molecule has 2 aromatic rings. The minimum absolute atomic E-state index is 0. The van der Waals surface area contributed by atoms with Gasteiger partial charge in [0.2, 0.25) is 0 Å². The Hall–Kier alpha value is -4.88. The monoisotopic (exact) mass is 512 g/mol. The first-order valence-electron chi connectivity index (χ1n) is 11.0. The Morgan fingerprint density at radius 1 is 0.541 bits per heavy atom. The molecule has 0 spiro atoms. The third-order valence-corrected chi connectivity index (χ3v) is 5.20. The maximum absolute atomic E-state index is 6.25. The van der Waals surface area contributed by atoms with Crippen LogP contribution in [0.1, 0.15) is 20.3 Å². The van der Waals surface area contributed by atoms with Crippen LogP contribution < -0.4 is 55.3 Å². The van der Waals surface area contributed by atoms with Gasteiger partial charge in [0.05, 0.1) is 23.5 Å². The summed E-state index contributed by atoms with van der Waals surface area (Å²) in [6, 6.07) is 13.0. The van der Waals surface area contributed by atoms with Gasteiger partial charge < -0.3 is 55.3 Å². The van der Waals surface area contributed by atoms with E-state index in [0.717, 1.165) is 0 Å². The lowest BCUT2D eigenvalue weighted by Gasteiger charge is -2.38. The highest BCUT2D eigenvalue weighted by Crippen LogP contribution is 2.32. The molecule has 1 fully saturated rings. The van der Waals surface area contributed by atoms with Gasteiger partial charge in [-0.1, -0.05) is 7.43 Å². The molecular weight excluding hydrogens is 476 g/mol. The summed E-state index contributed by atoms with van der Waals surface area (Å²) in [6.07, 6.45) is -0.132. The van der Waals surface area contributed by atoms with Crippen molar-refractivity contribution < 1.29 is 9.47 Å². The van der Waals surface area contributed by atoms with Crippen molar-refractivity contribution in [3.8, 4) is 11.5 Å². The van der Waals surface area contributed by atoms with Crippen LogP contribution >= 0.6 is 0 Å². The van der Waals surface area contributed by atoms with Crippen LogP contribution in [-0.4, -0.2) is 48.1 Å². The molecule has 2 aromatic carbocycles. The molecule has 1 saturated carbocycles. The number of benzene rings is 2. The molecule has 0 aliphatic heterocycles. The number of ether oxygens (including phenoxy) is 2. The predicted molar refractivity (Wildman–Crippen MR) is 148 cm³/mol. The third-order valence-electron chi connectivity index (χ3n) is 5.20. The van der Waals surface area contributed by atoms with Crippen molar-refractivity contribution in [2.24, 2.45) is 65.8 Å². The fourth-order valence-corrected chi connectivity index (χ4v) is 3.85. The number of hydrogen-bond acceptors (Lipinski definition) is 6. The van der Waals surface area contributed by atoms with Crippen molar-refractivity contribution in [2.75, 3.05) is 0 Å². The fourth-order valence-electron chi connectivity index (χ4n) is 3.85. The van der Waals surface area contributed by atoms with Crippen LogP contribution in [0.4, 0.5) is 11.4 Å². The minimum Gasteiger partial charge on any atom is -0.488 e. The largest absolute Gasteiger partial charge is 0.488 e. The second-order valence-electron chi connectivity index (χ2n) is 8.09. The van der Waals surface area contributed by atoms with Gasteiger partial charge >= 0.3 is 0 Å². The third kappa shape index (κ3) is 8.69. The Kier molecular flexibility index (Phi) is 9.75. The number of guanidine groups is 4. The van der Waals surface area contributed by atoms with Crippen LogP contribution in [0.15, 0.2) is 68.5 Å². The Bertz CT molecular complexity index is 1040. The molecule has 0 heterocycles. The SMILES string of the molecule is C.NC(N)=Nc1ccc(OC2CC(Oc3ccc(N=C(N)N)cc3)C(N=C(N)N)CC2N=C(N)N)cc1. The lowest BCUT2D eigenvalue weighted by atomic mass is 9.86. The molecule has 1 aliphatic carbocycles. The van der Waals surface area contributed by atoms with Crippen LogP contribution in [0.5, 0.6) is 11.5 Å². The normalized spacial score (nSPS) is 20.3. The highest BCUT2D eigenvalue weighted by molar-refractivity contribution is 5.79. The molecule has 0 aromatic heterocycles. The molecule has 16 N–H and O–H groups in total. The first-order chi connectivity index (χ1) is 17.1. The number of nitrogens with zero attached hydrogens (tertiary/aromatic N) is 4. The highest BCUT2D eigenvalue weighted by atomic mass is 16.5. The summed E-state index contributed by atoms with van der Waals surface area (Å²) >= 11 is 0. The predicted octanol–water partition coefficient (Wildman–Crippen LogP) is -0.595. The van der Waals surface area contributed by atoms with E-state index in [2.05, 4.69) is 20.0 Å². The average molecular weight is 513 g/mol. The van der Waals surface area contributed by atoms with Gasteiger partial charge in [-0.25, -0.2) is 20.0 Å². The van der Waals surface area contributed by atoms with E-state index < -0.39 is 24.3 Å². The van der Waals surface area contributed by atoms with Gasteiger partial charge in [0.15, 0.2) is 23.8 Å². The van der Waals surface area contributed by atoms with Gasteiger partial charge in [-0.15, -0.1) is 0 Å². The van der Waals surface area contributed by atoms with Crippen molar-refractivity contribution in [2.45, 2.75) is 44.6 Å². The summed E-state index contributed by atoms with van der Waals surface area (Å²) in [5.74, 6) is 0.920. The van der Waals surface area contributed by atoms with E-state index in [4.69, 9.17) is 55.3 Å². The Morgan fingerprint density at radius 2 is 0.892 bits per heavy atom. The maximum Gasteiger partial charge on any atom is 0.191 e. The molecule has 3 rings (SSSR count). The van der Waals surface area contributed by atoms with E-state index in [-0.39, 0.29) is 31.3 Å². The van der Waals surface area contributed by atoms with E-state index in [0.29, 0.717) is 35.7 Å². The van der Waals surface area contributed by atoms with E-state index in [1.165, 1.54) is 0 Å². The van der Waals surface area contributed by atoms with Crippen molar-refractivity contribution in [3.63, 3.8) is 0 Å². The molecule has 4 atom stereocenters. The van der Waals surface area contributed by atoms with E-state index >= 15 is 0 Å². The molecule has 14 nitrogen and oxygen atoms in total. The second-order valence-corrected chi connectivity index (χ2v) is 8.09. The molecule has 1 aliphatic rings. The van der Waals surface area contributed by atoms with E-state index in [1.807, 2.05) is 0 Å². The Balaban J connectivity index is 0.00000481. The van der Waals surface area contributed by atoms with Crippen LogP contribution in [0.3, 0.4) is 0 Å². The topological polar surface area (TPSA) is 276 Å². The summed E-state index contributed by atoms with van der Waals surface area (Å²) in [4.78, 5) is 16.7. The molecule has 0 radical (unpaired) electrons. The number of hydrogen-bond donors (Lipinski definition) is 8. The molecule has 4 unspecified atom stereocenters. The molecular formula is C23H36N12O2. The lowest BCUT2D eigenvalue weighted by molar-refractivity contribution is 0.0417. The smallest absolute Gasteiger partial charge is 0.191 e. The number of aliphatic imine (C=N–C) groups is 4. The van der Waals surface area contributed by atoms with Crippen molar-refractivity contribution in [3.05, 3.63) is 48.5 Å². The van der Waals surface area contributed by atoms with Crippen LogP contribution in [0.2, 0.25) is 0 Å². The fraction of sp³-hybridized carbons (Fsp3) is 0.304. The zero-order valence-electron chi connectivity index (χ0n) is 19.6. The summed E-state index contributed by atoms with van der Waals surface area (Å²) in [5.41, 5.74) is 45.6. The van der Waals surface area contributed by atoms with Gasteiger partial charge in [0.1, 0.15) is 23.7 Å². The number of rotatable bonds is 8. The van der Waals surface area contributed by atoms with Crippen molar-refractivity contribution >= 4 is 35.2 Å². The Morgan fingerprint density at radius 3 is 1.19 bits per heavy atom. The van der Waals surface area contributed by atoms with Crippen molar-refractivity contribution in [1.82, 2.24) is 0 Å². The van der Waals surface area contributed by atoms with Gasteiger partial charge in [0.25, 0.3) is 0 Å². The first kappa shape index (κ1) is 28.4. The quantitative estimate of drug-likeness (QED) is 0.164. The van der Waals surface area contributed by atoms with Crippen LogP contribution in [-0.2, 0) is 0 Å². The molecule has 0 saturated heterocycles. The Labute approximate surface area is 215 Å². The second kappa shape index (κ2) is 12.7. The standard InChI is InChI=1S/C22H32N12O2.CH4/c23-19(24)31-11-1-5-13(6-2-11)35-17-10-18(16(34-22(29)30)9-15(17)33-21(27)28)36-14-7-3-12(4-8-14)32-20(25)26;/h1-8,15-18H,9-10H2,(H4,23,24,31)(H4,25,26,32)(H4,27,28,33)(H4,29,30,34);1H4. The van der Waals surface area contributed by atoms with Gasteiger partial charge in [-0.2, -0.15) is 0 Å². The maximum atomic E-state index is 6.25. The van der Waals surface area contributed by atoms with E-state index in [9.17, 15) is 0 Å².